The summed E-state index contributed by atoms with van der Waals surface area (Å²) in [5.41, 5.74) is 4.49. The first-order valence-electron chi connectivity index (χ1n) is 9.59. The molecule has 0 spiro atoms. The molecule has 0 saturated heterocycles. The summed E-state index contributed by atoms with van der Waals surface area (Å²) in [6.45, 7) is 2.05. The van der Waals surface area contributed by atoms with E-state index in [2.05, 4.69) is 15.8 Å². The number of carboxylic acid groups (broad SMARTS) is 1. The zero-order chi connectivity index (χ0) is 22.0. The van der Waals surface area contributed by atoms with Gasteiger partial charge in [0, 0.05) is 11.3 Å². The lowest BCUT2D eigenvalue weighted by atomic mass is 10.1. The summed E-state index contributed by atoms with van der Waals surface area (Å²) >= 11 is 1.61. The van der Waals surface area contributed by atoms with Crippen LogP contribution in [-0.2, 0) is 16.4 Å². The molecular formula is C23H20N2O4S2. The van der Waals surface area contributed by atoms with Gasteiger partial charge in [-0.05, 0) is 73.0 Å². The van der Waals surface area contributed by atoms with Crippen molar-refractivity contribution in [2.45, 2.75) is 13.3 Å². The molecule has 0 fully saturated rings. The topological polar surface area (TPSA) is 96.4 Å². The van der Waals surface area contributed by atoms with E-state index in [1.54, 1.807) is 35.6 Å². The number of aryl methyl sites for hydroxylation is 2. The number of anilines is 1. The minimum atomic E-state index is -3.54. The minimum absolute atomic E-state index is 0.0988. The zero-order valence-corrected chi connectivity index (χ0v) is 18.3. The first kappa shape index (κ1) is 21.0. The number of benzene rings is 3. The first-order valence-corrected chi connectivity index (χ1v) is 12.1. The summed E-state index contributed by atoms with van der Waals surface area (Å²) in [7, 11) is -3.54. The Bertz CT molecular complexity index is 1340. The predicted molar refractivity (Wildman–Crippen MR) is 124 cm³/mol. The van der Waals surface area contributed by atoms with Crippen molar-refractivity contribution in [1.82, 2.24) is 4.98 Å². The highest BCUT2D eigenvalue weighted by Gasteiger charge is 2.12. The SMILES string of the molecule is Cc1ccc2nc(-c3ccc(NS(=O)(=O)CCc4ccc(C(=O)O)cc4)cc3)sc2c1. The van der Waals surface area contributed by atoms with Crippen LogP contribution in [0.4, 0.5) is 5.69 Å². The van der Waals surface area contributed by atoms with Crippen molar-refractivity contribution in [3.63, 3.8) is 0 Å². The second-order valence-corrected chi connectivity index (χ2v) is 10.1. The molecule has 0 bridgehead atoms. The second kappa shape index (κ2) is 8.49. The number of carbonyl (C=O) groups is 1. The molecule has 3 aromatic carbocycles. The maximum Gasteiger partial charge on any atom is 0.335 e. The molecule has 1 aromatic heterocycles. The Morgan fingerprint density at radius 3 is 2.42 bits per heavy atom. The van der Waals surface area contributed by atoms with E-state index in [0.717, 1.165) is 26.4 Å². The van der Waals surface area contributed by atoms with Gasteiger partial charge in [0.05, 0.1) is 21.5 Å². The highest BCUT2D eigenvalue weighted by molar-refractivity contribution is 7.92. The largest absolute Gasteiger partial charge is 0.478 e. The van der Waals surface area contributed by atoms with E-state index in [0.29, 0.717) is 12.1 Å². The monoisotopic (exact) mass is 452 g/mol. The van der Waals surface area contributed by atoms with Crippen LogP contribution in [0.15, 0.2) is 66.7 Å². The Hall–Kier alpha value is -3.23. The quantitative estimate of drug-likeness (QED) is 0.413. The summed E-state index contributed by atoms with van der Waals surface area (Å²) in [5.74, 6) is -1.11. The first-order chi connectivity index (χ1) is 14.8. The standard InChI is InChI=1S/C23H20N2O4S2/c1-15-2-11-20-21(14-15)30-22(24-20)17-7-9-19(10-8-17)25-31(28,29)13-12-16-3-5-18(6-4-16)23(26)27/h2-11,14,25H,12-13H2,1H3,(H,26,27). The van der Waals surface area contributed by atoms with Gasteiger partial charge in [-0.3, -0.25) is 4.72 Å². The van der Waals surface area contributed by atoms with E-state index in [-0.39, 0.29) is 11.3 Å². The van der Waals surface area contributed by atoms with E-state index in [9.17, 15) is 13.2 Å². The number of aromatic nitrogens is 1. The number of nitrogens with zero attached hydrogens (tertiary/aromatic N) is 1. The van der Waals surface area contributed by atoms with Crippen molar-refractivity contribution < 1.29 is 18.3 Å². The lowest BCUT2D eigenvalue weighted by Gasteiger charge is -2.09. The fraction of sp³-hybridized carbons (Fsp3) is 0.130. The Balaban J connectivity index is 1.41. The summed E-state index contributed by atoms with van der Waals surface area (Å²) in [6, 6.07) is 19.5. The molecule has 6 nitrogen and oxygen atoms in total. The molecule has 2 N–H and O–H groups in total. The number of nitrogens with one attached hydrogen (secondary N) is 1. The van der Waals surface area contributed by atoms with Crippen molar-refractivity contribution >= 4 is 43.2 Å². The molecule has 0 atom stereocenters. The normalized spacial score (nSPS) is 11.5. The average molecular weight is 453 g/mol. The van der Waals surface area contributed by atoms with E-state index < -0.39 is 16.0 Å². The fourth-order valence-corrected chi connectivity index (χ4v) is 5.30. The van der Waals surface area contributed by atoms with E-state index in [1.807, 2.05) is 31.2 Å². The number of carboxylic acids is 1. The van der Waals surface area contributed by atoms with Gasteiger partial charge in [0.2, 0.25) is 10.0 Å². The van der Waals surface area contributed by atoms with Gasteiger partial charge >= 0.3 is 5.97 Å². The van der Waals surface area contributed by atoms with E-state index >= 15 is 0 Å². The van der Waals surface area contributed by atoms with Crippen LogP contribution in [0.1, 0.15) is 21.5 Å². The molecule has 0 aliphatic heterocycles. The van der Waals surface area contributed by atoms with Crippen molar-refractivity contribution in [3.8, 4) is 10.6 Å². The second-order valence-electron chi connectivity index (χ2n) is 7.24. The molecule has 4 rings (SSSR count). The minimum Gasteiger partial charge on any atom is -0.478 e. The maximum atomic E-state index is 12.4. The summed E-state index contributed by atoms with van der Waals surface area (Å²) in [4.78, 5) is 15.5. The summed E-state index contributed by atoms with van der Waals surface area (Å²) < 4.78 is 28.6. The third-order valence-electron chi connectivity index (χ3n) is 4.81. The van der Waals surface area contributed by atoms with Gasteiger partial charge < -0.3 is 5.11 Å². The highest BCUT2D eigenvalue weighted by Crippen LogP contribution is 2.31. The average Bonchev–Trinajstić information content (AvgIpc) is 3.16. The molecule has 0 aliphatic carbocycles. The van der Waals surface area contributed by atoms with Crippen LogP contribution < -0.4 is 4.72 Å². The summed E-state index contributed by atoms with van der Waals surface area (Å²) in [6.07, 6.45) is 0.290. The number of fused-ring (bicyclic) bond motifs is 1. The molecule has 158 valence electrons. The summed E-state index contributed by atoms with van der Waals surface area (Å²) in [5, 5.41) is 9.82. The Labute approximate surface area is 184 Å². The maximum absolute atomic E-state index is 12.4. The van der Waals surface area contributed by atoms with Crippen molar-refractivity contribution in [3.05, 3.63) is 83.4 Å². The van der Waals surface area contributed by atoms with Crippen molar-refractivity contribution in [1.29, 1.82) is 0 Å². The number of rotatable bonds is 7. The number of hydrogen-bond acceptors (Lipinski definition) is 5. The van der Waals surface area contributed by atoms with Crippen LogP contribution in [0.25, 0.3) is 20.8 Å². The molecule has 0 radical (unpaired) electrons. The molecule has 8 heteroatoms. The van der Waals surface area contributed by atoms with Crippen molar-refractivity contribution in [2.75, 3.05) is 10.5 Å². The van der Waals surface area contributed by atoms with Crippen LogP contribution >= 0.6 is 11.3 Å². The number of sulfonamides is 1. The highest BCUT2D eigenvalue weighted by atomic mass is 32.2. The third-order valence-corrected chi connectivity index (χ3v) is 7.17. The number of aromatic carboxylic acids is 1. The molecule has 0 amide bonds. The number of hydrogen-bond donors (Lipinski definition) is 2. The van der Waals surface area contributed by atoms with Gasteiger partial charge in [0.1, 0.15) is 5.01 Å². The molecule has 0 saturated carbocycles. The van der Waals surface area contributed by atoms with Gasteiger partial charge in [0.15, 0.2) is 0 Å². The van der Waals surface area contributed by atoms with Gasteiger partial charge in [0.25, 0.3) is 0 Å². The predicted octanol–water partition coefficient (Wildman–Crippen LogP) is 4.95. The molecule has 4 aromatic rings. The van der Waals surface area contributed by atoms with Crippen LogP contribution in [-0.4, -0.2) is 30.2 Å². The van der Waals surface area contributed by atoms with E-state index in [1.165, 1.54) is 17.7 Å². The molecule has 31 heavy (non-hydrogen) atoms. The zero-order valence-electron chi connectivity index (χ0n) is 16.7. The molecule has 0 unspecified atom stereocenters. The van der Waals surface area contributed by atoms with Gasteiger partial charge in [-0.1, -0.05) is 18.2 Å². The van der Waals surface area contributed by atoms with Crippen LogP contribution in [0.5, 0.6) is 0 Å². The van der Waals surface area contributed by atoms with E-state index in [4.69, 9.17) is 5.11 Å². The van der Waals surface area contributed by atoms with Gasteiger partial charge in [-0.15, -0.1) is 11.3 Å². The van der Waals surface area contributed by atoms with Gasteiger partial charge in [-0.25, -0.2) is 18.2 Å². The fourth-order valence-electron chi connectivity index (χ4n) is 3.13. The van der Waals surface area contributed by atoms with Crippen LogP contribution in [0.2, 0.25) is 0 Å². The number of thiazole rings is 1. The Morgan fingerprint density at radius 2 is 1.74 bits per heavy atom. The van der Waals surface area contributed by atoms with Crippen LogP contribution in [0, 0.1) is 6.92 Å². The van der Waals surface area contributed by atoms with Crippen molar-refractivity contribution in [2.24, 2.45) is 0 Å². The molecule has 1 heterocycles. The molecular weight excluding hydrogens is 432 g/mol. The lowest BCUT2D eigenvalue weighted by molar-refractivity contribution is 0.0697. The smallest absolute Gasteiger partial charge is 0.335 e. The lowest BCUT2D eigenvalue weighted by Crippen LogP contribution is -2.18. The Kier molecular flexibility index (Phi) is 5.75. The van der Waals surface area contributed by atoms with Gasteiger partial charge in [-0.2, -0.15) is 0 Å². The molecule has 0 aliphatic rings. The Morgan fingerprint density at radius 1 is 1.03 bits per heavy atom. The van der Waals surface area contributed by atoms with Crippen LogP contribution in [0.3, 0.4) is 0 Å². The third kappa shape index (κ3) is 5.10.